The third-order valence-corrected chi connectivity index (χ3v) is 3.08. The summed E-state index contributed by atoms with van der Waals surface area (Å²) >= 11 is 1.68. The summed E-state index contributed by atoms with van der Waals surface area (Å²) in [7, 11) is 0. The Balaban J connectivity index is 2.03. The van der Waals surface area contributed by atoms with Gasteiger partial charge < -0.3 is 10.1 Å². The van der Waals surface area contributed by atoms with Gasteiger partial charge in [0.15, 0.2) is 11.6 Å². The van der Waals surface area contributed by atoms with E-state index in [1.807, 2.05) is 32.2 Å². The molecule has 0 amide bonds. The van der Waals surface area contributed by atoms with Crippen LogP contribution in [-0.4, -0.2) is 16.6 Å². The van der Waals surface area contributed by atoms with Gasteiger partial charge in [-0.2, -0.15) is 0 Å². The lowest BCUT2D eigenvalue weighted by Crippen LogP contribution is -2.03. The molecule has 1 N–H and O–H groups in total. The highest BCUT2D eigenvalue weighted by Crippen LogP contribution is 2.22. The number of hydrogen-bond donors (Lipinski definition) is 1. The lowest BCUT2D eigenvalue weighted by molar-refractivity contribution is 0.340. The van der Waals surface area contributed by atoms with Gasteiger partial charge in [0.25, 0.3) is 0 Å². The number of pyridine rings is 1. The van der Waals surface area contributed by atoms with Gasteiger partial charge in [-0.25, -0.2) is 9.97 Å². The second kappa shape index (κ2) is 5.63. The van der Waals surface area contributed by atoms with Gasteiger partial charge in [-0.05, 0) is 26.0 Å². The van der Waals surface area contributed by atoms with E-state index in [1.165, 1.54) is 4.88 Å². The first-order valence-corrected chi connectivity index (χ1v) is 6.34. The van der Waals surface area contributed by atoms with Crippen molar-refractivity contribution >= 4 is 17.2 Å². The predicted octanol–water partition coefficient (Wildman–Crippen LogP) is 2.86. The Morgan fingerprint density at radius 2 is 2.29 bits per heavy atom. The molecule has 2 rings (SSSR count). The molecule has 2 heterocycles. The molecule has 2 aromatic rings. The maximum atomic E-state index is 5.49. The molecule has 0 spiro atoms. The van der Waals surface area contributed by atoms with E-state index in [1.54, 1.807) is 17.5 Å². The maximum absolute atomic E-state index is 5.49. The number of hydrogen-bond acceptors (Lipinski definition) is 5. The minimum Gasteiger partial charge on any atom is -0.490 e. The highest BCUT2D eigenvalue weighted by Gasteiger charge is 2.04. The summed E-state index contributed by atoms with van der Waals surface area (Å²) in [6.07, 6.45) is 3.64. The fourth-order valence-electron chi connectivity index (χ4n) is 1.45. The monoisotopic (exact) mass is 249 g/mol. The fraction of sp³-hybridized carbons (Fsp3) is 0.333. The van der Waals surface area contributed by atoms with Crippen LogP contribution in [0, 0.1) is 6.92 Å². The predicted molar refractivity (Wildman–Crippen MR) is 69.6 cm³/mol. The number of ether oxygens (including phenoxy) is 1. The molecule has 0 fully saturated rings. The number of rotatable bonds is 5. The normalized spacial score (nSPS) is 10.2. The first kappa shape index (κ1) is 11.9. The summed E-state index contributed by atoms with van der Waals surface area (Å²) in [6, 6.07) is 3.78. The van der Waals surface area contributed by atoms with Crippen LogP contribution < -0.4 is 10.1 Å². The number of aromatic nitrogens is 2. The fourth-order valence-corrected chi connectivity index (χ4v) is 2.19. The largest absolute Gasteiger partial charge is 0.490 e. The first-order chi connectivity index (χ1) is 8.29. The van der Waals surface area contributed by atoms with Crippen molar-refractivity contribution in [3.8, 4) is 5.75 Å². The minimum atomic E-state index is 0.639. The Morgan fingerprint density at radius 3 is 3.00 bits per heavy atom. The Hall–Kier alpha value is -1.62. The van der Waals surface area contributed by atoms with E-state index in [9.17, 15) is 0 Å². The van der Waals surface area contributed by atoms with E-state index in [2.05, 4.69) is 15.3 Å². The molecule has 0 saturated carbocycles. The molecule has 0 radical (unpaired) electrons. The molecule has 0 aromatic carbocycles. The van der Waals surface area contributed by atoms with Crippen molar-refractivity contribution in [2.45, 2.75) is 20.4 Å². The third kappa shape index (κ3) is 3.17. The van der Waals surface area contributed by atoms with Gasteiger partial charge in [0, 0.05) is 17.3 Å². The van der Waals surface area contributed by atoms with Crippen LogP contribution in [0.25, 0.3) is 0 Å². The average Bonchev–Trinajstić information content (AvgIpc) is 2.74. The molecule has 0 bridgehead atoms. The van der Waals surface area contributed by atoms with Gasteiger partial charge in [-0.15, -0.1) is 11.3 Å². The SMILES string of the molecule is CCOc1cccnc1NCc1cnc(C)s1. The van der Waals surface area contributed by atoms with Gasteiger partial charge in [0.05, 0.1) is 18.2 Å². The van der Waals surface area contributed by atoms with Crippen molar-refractivity contribution in [1.82, 2.24) is 9.97 Å². The van der Waals surface area contributed by atoms with Crippen LogP contribution in [0.15, 0.2) is 24.5 Å². The molecule has 4 nitrogen and oxygen atoms in total. The number of thiazole rings is 1. The lowest BCUT2D eigenvalue weighted by Gasteiger charge is -2.09. The lowest BCUT2D eigenvalue weighted by atomic mass is 10.4. The Labute approximate surface area is 105 Å². The third-order valence-electron chi connectivity index (χ3n) is 2.17. The molecule has 0 aliphatic carbocycles. The summed E-state index contributed by atoms with van der Waals surface area (Å²) < 4.78 is 5.49. The molecule has 0 atom stereocenters. The molecule has 0 unspecified atom stereocenters. The standard InChI is InChI=1S/C12H15N3OS/c1-3-16-11-5-4-6-13-12(11)15-8-10-7-14-9(2)17-10/h4-7H,3,8H2,1-2H3,(H,13,15). The Bertz CT molecular complexity index is 484. The number of aryl methyl sites for hydroxylation is 1. The molecule has 90 valence electrons. The van der Waals surface area contributed by atoms with Crippen molar-refractivity contribution in [1.29, 1.82) is 0 Å². The molecule has 0 saturated heterocycles. The van der Waals surface area contributed by atoms with Crippen LogP contribution in [0.5, 0.6) is 5.75 Å². The molecular weight excluding hydrogens is 234 g/mol. The molecule has 5 heteroatoms. The van der Waals surface area contributed by atoms with E-state index in [0.29, 0.717) is 6.61 Å². The summed E-state index contributed by atoms with van der Waals surface area (Å²) in [5.41, 5.74) is 0. The first-order valence-electron chi connectivity index (χ1n) is 5.52. The van der Waals surface area contributed by atoms with E-state index >= 15 is 0 Å². The van der Waals surface area contributed by atoms with E-state index in [-0.39, 0.29) is 0 Å². The summed E-state index contributed by atoms with van der Waals surface area (Å²) in [6.45, 7) is 5.33. The van der Waals surface area contributed by atoms with Gasteiger partial charge in [0.1, 0.15) is 0 Å². The smallest absolute Gasteiger partial charge is 0.169 e. The van der Waals surface area contributed by atoms with Crippen molar-refractivity contribution < 1.29 is 4.74 Å². The van der Waals surface area contributed by atoms with Crippen molar-refractivity contribution in [3.05, 3.63) is 34.4 Å². The average molecular weight is 249 g/mol. The highest BCUT2D eigenvalue weighted by atomic mass is 32.1. The number of nitrogens with zero attached hydrogens (tertiary/aromatic N) is 2. The number of nitrogens with one attached hydrogen (secondary N) is 1. The van der Waals surface area contributed by atoms with Crippen LogP contribution in [0.4, 0.5) is 5.82 Å². The van der Waals surface area contributed by atoms with Crippen molar-refractivity contribution in [2.24, 2.45) is 0 Å². The van der Waals surface area contributed by atoms with Crippen molar-refractivity contribution in [3.63, 3.8) is 0 Å². The molecule has 0 aliphatic heterocycles. The highest BCUT2D eigenvalue weighted by molar-refractivity contribution is 7.11. The van der Waals surface area contributed by atoms with Crippen LogP contribution in [-0.2, 0) is 6.54 Å². The van der Waals surface area contributed by atoms with Crippen LogP contribution in [0.1, 0.15) is 16.8 Å². The quantitative estimate of drug-likeness (QED) is 0.885. The van der Waals surface area contributed by atoms with Crippen LogP contribution in [0.2, 0.25) is 0 Å². The van der Waals surface area contributed by atoms with Gasteiger partial charge >= 0.3 is 0 Å². The zero-order valence-corrected chi connectivity index (χ0v) is 10.8. The molecule has 2 aromatic heterocycles. The van der Waals surface area contributed by atoms with E-state index in [4.69, 9.17) is 4.74 Å². The summed E-state index contributed by atoms with van der Waals surface area (Å²) in [5.74, 6) is 1.57. The maximum Gasteiger partial charge on any atom is 0.169 e. The van der Waals surface area contributed by atoms with Crippen molar-refractivity contribution in [2.75, 3.05) is 11.9 Å². The van der Waals surface area contributed by atoms with Gasteiger partial charge in [-0.3, -0.25) is 0 Å². The van der Waals surface area contributed by atoms with E-state index < -0.39 is 0 Å². The summed E-state index contributed by atoms with van der Waals surface area (Å²) in [5, 5.41) is 4.34. The second-order valence-electron chi connectivity index (χ2n) is 3.48. The van der Waals surface area contributed by atoms with Gasteiger partial charge in [0.2, 0.25) is 0 Å². The molecule has 17 heavy (non-hydrogen) atoms. The number of anilines is 1. The zero-order valence-electron chi connectivity index (χ0n) is 9.93. The second-order valence-corrected chi connectivity index (χ2v) is 4.80. The topological polar surface area (TPSA) is 47.0 Å². The summed E-state index contributed by atoms with van der Waals surface area (Å²) in [4.78, 5) is 9.67. The van der Waals surface area contributed by atoms with Crippen LogP contribution in [0.3, 0.4) is 0 Å². The molecular formula is C12H15N3OS. The van der Waals surface area contributed by atoms with Crippen LogP contribution >= 0.6 is 11.3 Å². The zero-order chi connectivity index (χ0) is 12.1. The van der Waals surface area contributed by atoms with E-state index in [0.717, 1.165) is 23.1 Å². The minimum absolute atomic E-state index is 0.639. The Kier molecular flexibility index (Phi) is 3.93. The molecule has 0 aliphatic rings. The van der Waals surface area contributed by atoms with Gasteiger partial charge in [-0.1, -0.05) is 0 Å². The Morgan fingerprint density at radius 1 is 1.41 bits per heavy atom.